The van der Waals surface area contributed by atoms with Gasteiger partial charge in [0.05, 0.1) is 13.5 Å². The second kappa shape index (κ2) is 5.11. The van der Waals surface area contributed by atoms with E-state index in [1.165, 1.54) is 7.11 Å². The first kappa shape index (κ1) is 12.0. The lowest BCUT2D eigenvalue weighted by atomic mass is 10.1. The predicted molar refractivity (Wildman–Crippen MR) is 67.3 cm³/mol. The number of esters is 1. The fourth-order valence-electron chi connectivity index (χ4n) is 1.14. The highest BCUT2D eigenvalue weighted by molar-refractivity contribution is 14.1. The fraction of sp³-hybridized carbons (Fsp3) is 0.300. The molecule has 0 aliphatic rings. The third kappa shape index (κ3) is 2.95. The van der Waals surface area contributed by atoms with Gasteiger partial charge in [0, 0.05) is 8.04 Å². The lowest BCUT2D eigenvalue weighted by Gasteiger charge is -2.05. The molecule has 0 aliphatic heterocycles. The van der Waals surface area contributed by atoms with Crippen LogP contribution in [-0.2, 0) is 16.0 Å². The number of hydrogen-bond acceptors (Lipinski definition) is 2. The van der Waals surface area contributed by atoms with Crippen LogP contribution in [0.3, 0.4) is 0 Å². The van der Waals surface area contributed by atoms with Crippen molar-refractivity contribution in [2.24, 2.45) is 0 Å². The molecule has 0 heterocycles. The van der Waals surface area contributed by atoms with Gasteiger partial charge in [-0.3, -0.25) is 4.79 Å². The number of benzene rings is 1. The number of hydrogen-bond donors (Lipinski definition) is 0. The highest BCUT2D eigenvalue weighted by Crippen LogP contribution is 2.24. The van der Waals surface area contributed by atoms with Crippen LogP contribution >= 0.6 is 38.5 Å². The van der Waals surface area contributed by atoms with Crippen molar-refractivity contribution in [3.63, 3.8) is 0 Å². The largest absolute Gasteiger partial charge is 0.469 e. The van der Waals surface area contributed by atoms with E-state index in [9.17, 15) is 4.79 Å². The SMILES string of the molecule is COC(=O)Cc1cc(C)c(Br)c(I)c1. The minimum absolute atomic E-state index is 0.206. The van der Waals surface area contributed by atoms with Gasteiger partial charge in [0.25, 0.3) is 0 Å². The molecule has 0 amide bonds. The van der Waals surface area contributed by atoms with E-state index >= 15 is 0 Å². The van der Waals surface area contributed by atoms with Gasteiger partial charge in [-0.25, -0.2) is 0 Å². The molecule has 76 valence electrons. The number of carbonyl (C=O) groups excluding carboxylic acids is 1. The van der Waals surface area contributed by atoms with Gasteiger partial charge >= 0.3 is 5.97 Å². The quantitative estimate of drug-likeness (QED) is 0.592. The molecule has 1 rings (SSSR count). The molecule has 0 unspecified atom stereocenters. The molecule has 1 aromatic carbocycles. The van der Waals surface area contributed by atoms with Crippen molar-refractivity contribution in [1.82, 2.24) is 0 Å². The Morgan fingerprint density at radius 1 is 1.57 bits per heavy atom. The molecule has 0 bridgehead atoms. The summed E-state index contributed by atoms with van der Waals surface area (Å²) in [5.74, 6) is -0.206. The second-order valence-electron chi connectivity index (χ2n) is 2.96. The van der Waals surface area contributed by atoms with Gasteiger partial charge in [-0.1, -0.05) is 6.07 Å². The standard InChI is InChI=1S/C10H10BrIO2/c1-6-3-7(5-9(13)14-2)4-8(12)10(6)11/h3-4H,5H2,1-2H3. The molecule has 0 spiro atoms. The molecule has 0 saturated heterocycles. The van der Waals surface area contributed by atoms with Crippen LogP contribution in [0.4, 0.5) is 0 Å². The van der Waals surface area contributed by atoms with Crippen molar-refractivity contribution in [3.8, 4) is 0 Å². The first-order valence-corrected chi connectivity index (χ1v) is 5.93. The van der Waals surface area contributed by atoms with Crippen molar-refractivity contribution < 1.29 is 9.53 Å². The van der Waals surface area contributed by atoms with Crippen molar-refractivity contribution in [1.29, 1.82) is 0 Å². The number of aryl methyl sites for hydroxylation is 1. The van der Waals surface area contributed by atoms with Crippen LogP contribution in [0.1, 0.15) is 11.1 Å². The Balaban J connectivity index is 2.95. The molecule has 0 aromatic heterocycles. The van der Waals surface area contributed by atoms with Crippen molar-refractivity contribution >= 4 is 44.5 Å². The van der Waals surface area contributed by atoms with Crippen LogP contribution in [0, 0.1) is 10.5 Å². The fourth-order valence-corrected chi connectivity index (χ4v) is 2.19. The molecule has 14 heavy (non-hydrogen) atoms. The molecule has 2 nitrogen and oxygen atoms in total. The van der Waals surface area contributed by atoms with Crippen LogP contribution in [0.15, 0.2) is 16.6 Å². The lowest BCUT2D eigenvalue weighted by molar-refractivity contribution is -0.139. The number of ether oxygens (including phenoxy) is 1. The molecule has 0 N–H and O–H groups in total. The van der Waals surface area contributed by atoms with Gasteiger partial charge in [-0.05, 0) is 62.6 Å². The zero-order valence-corrected chi connectivity index (χ0v) is 11.7. The molecular formula is C10H10BrIO2. The van der Waals surface area contributed by atoms with Crippen molar-refractivity contribution in [2.75, 3.05) is 7.11 Å². The third-order valence-corrected chi connectivity index (χ3v) is 4.49. The Bertz CT molecular complexity index is 340. The topological polar surface area (TPSA) is 26.3 Å². The van der Waals surface area contributed by atoms with E-state index in [0.29, 0.717) is 6.42 Å². The summed E-state index contributed by atoms with van der Waals surface area (Å²) in [6, 6.07) is 3.97. The van der Waals surface area contributed by atoms with Gasteiger partial charge in [0.1, 0.15) is 0 Å². The second-order valence-corrected chi connectivity index (χ2v) is 4.92. The average molecular weight is 369 g/mol. The van der Waals surface area contributed by atoms with Gasteiger partial charge in [0.15, 0.2) is 0 Å². The molecule has 0 radical (unpaired) electrons. The highest BCUT2D eigenvalue weighted by Gasteiger charge is 2.07. The first-order valence-electron chi connectivity index (χ1n) is 4.06. The zero-order valence-electron chi connectivity index (χ0n) is 7.93. The van der Waals surface area contributed by atoms with E-state index in [2.05, 4.69) is 43.3 Å². The van der Waals surface area contributed by atoms with Gasteiger partial charge in [-0.2, -0.15) is 0 Å². The summed E-state index contributed by atoms with van der Waals surface area (Å²) in [7, 11) is 1.40. The molecule has 0 fully saturated rings. The smallest absolute Gasteiger partial charge is 0.309 e. The number of halogens is 2. The van der Waals surface area contributed by atoms with Crippen LogP contribution in [0.25, 0.3) is 0 Å². The highest BCUT2D eigenvalue weighted by atomic mass is 127. The summed E-state index contributed by atoms with van der Waals surface area (Å²) >= 11 is 5.71. The molecule has 0 aliphatic carbocycles. The van der Waals surface area contributed by atoms with Crippen LogP contribution in [0.5, 0.6) is 0 Å². The average Bonchev–Trinajstić information content (AvgIpc) is 2.14. The summed E-state index contributed by atoms with van der Waals surface area (Å²) in [5.41, 5.74) is 2.12. The van der Waals surface area contributed by atoms with Gasteiger partial charge < -0.3 is 4.74 Å². The molecular weight excluding hydrogens is 359 g/mol. The lowest BCUT2D eigenvalue weighted by Crippen LogP contribution is -2.05. The maximum Gasteiger partial charge on any atom is 0.309 e. The number of carbonyl (C=O) groups is 1. The van der Waals surface area contributed by atoms with E-state index in [1.807, 2.05) is 19.1 Å². The Hall–Kier alpha value is -0.100. The predicted octanol–water partition coefficient (Wildman–Crippen LogP) is 3.08. The summed E-state index contributed by atoms with van der Waals surface area (Å²) < 4.78 is 6.81. The Morgan fingerprint density at radius 3 is 2.71 bits per heavy atom. The van der Waals surface area contributed by atoms with Crippen molar-refractivity contribution in [2.45, 2.75) is 13.3 Å². The first-order chi connectivity index (χ1) is 6.54. The zero-order chi connectivity index (χ0) is 10.7. The summed E-state index contributed by atoms with van der Waals surface area (Å²) in [5, 5.41) is 0. The van der Waals surface area contributed by atoms with Crippen LogP contribution in [0.2, 0.25) is 0 Å². The van der Waals surface area contributed by atoms with E-state index in [1.54, 1.807) is 0 Å². The Labute approximate surface area is 105 Å². The summed E-state index contributed by atoms with van der Waals surface area (Å²) in [4.78, 5) is 11.1. The monoisotopic (exact) mass is 368 g/mol. The number of rotatable bonds is 2. The van der Waals surface area contributed by atoms with Gasteiger partial charge in [-0.15, -0.1) is 0 Å². The number of methoxy groups -OCH3 is 1. The normalized spacial score (nSPS) is 10.0. The third-order valence-electron chi connectivity index (χ3n) is 1.85. The molecule has 4 heteroatoms. The van der Waals surface area contributed by atoms with Crippen LogP contribution in [-0.4, -0.2) is 13.1 Å². The van der Waals surface area contributed by atoms with E-state index in [0.717, 1.165) is 19.2 Å². The Kier molecular flexibility index (Phi) is 4.37. The minimum Gasteiger partial charge on any atom is -0.469 e. The van der Waals surface area contributed by atoms with Crippen molar-refractivity contribution in [3.05, 3.63) is 31.3 Å². The van der Waals surface area contributed by atoms with Crippen LogP contribution < -0.4 is 0 Å². The summed E-state index contributed by atoms with van der Waals surface area (Å²) in [6.07, 6.45) is 0.334. The van der Waals surface area contributed by atoms with Gasteiger partial charge in [0.2, 0.25) is 0 Å². The van der Waals surface area contributed by atoms with E-state index in [-0.39, 0.29) is 5.97 Å². The summed E-state index contributed by atoms with van der Waals surface area (Å²) in [6.45, 7) is 2.01. The molecule has 1 aromatic rings. The maximum atomic E-state index is 11.1. The minimum atomic E-state index is -0.206. The Morgan fingerprint density at radius 2 is 2.21 bits per heavy atom. The van der Waals surface area contributed by atoms with E-state index < -0.39 is 0 Å². The molecule has 0 saturated carbocycles. The maximum absolute atomic E-state index is 11.1. The molecule has 0 atom stereocenters. The van der Waals surface area contributed by atoms with E-state index in [4.69, 9.17) is 0 Å².